The molecule has 0 aliphatic carbocycles. The van der Waals surface area contributed by atoms with Crippen molar-refractivity contribution < 1.29 is 19.8 Å². The number of hydrogen-bond donors (Lipinski definition) is 4. The standard InChI is InChI=1S/C9H13N3O4S/c1-5-7(17-4-12-5)3-11-9(16)10-2-6(13)8(14)15/h4,6,13H,2-3H2,1H3,(H,14,15)(H2,10,11,16). The molecule has 0 fully saturated rings. The van der Waals surface area contributed by atoms with Gasteiger partial charge in [0, 0.05) is 4.88 Å². The number of rotatable bonds is 5. The van der Waals surface area contributed by atoms with Crippen LogP contribution in [-0.2, 0) is 11.3 Å². The summed E-state index contributed by atoms with van der Waals surface area (Å²) in [5, 5.41) is 22.1. The minimum atomic E-state index is -1.59. The van der Waals surface area contributed by atoms with Crippen molar-refractivity contribution in [3.63, 3.8) is 0 Å². The zero-order chi connectivity index (χ0) is 12.8. The van der Waals surface area contributed by atoms with Gasteiger partial charge in [-0.05, 0) is 6.92 Å². The first-order valence-electron chi connectivity index (χ1n) is 4.82. The lowest BCUT2D eigenvalue weighted by atomic mass is 10.3. The van der Waals surface area contributed by atoms with Gasteiger partial charge in [-0.3, -0.25) is 0 Å². The molecule has 1 rings (SSSR count). The molecule has 0 saturated heterocycles. The number of urea groups is 1. The maximum absolute atomic E-state index is 11.2. The molecule has 1 heterocycles. The third kappa shape index (κ3) is 4.37. The lowest BCUT2D eigenvalue weighted by Crippen LogP contribution is -2.41. The molecule has 17 heavy (non-hydrogen) atoms. The highest BCUT2D eigenvalue weighted by molar-refractivity contribution is 7.09. The summed E-state index contributed by atoms with van der Waals surface area (Å²) in [7, 11) is 0. The average Bonchev–Trinajstić information content (AvgIpc) is 2.68. The Morgan fingerprint density at radius 2 is 2.24 bits per heavy atom. The topological polar surface area (TPSA) is 112 Å². The predicted octanol–water partition coefficient (Wildman–Crippen LogP) is -0.304. The monoisotopic (exact) mass is 259 g/mol. The minimum Gasteiger partial charge on any atom is -0.479 e. The molecule has 1 aromatic heterocycles. The van der Waals surface area contributed by atoms with E-state index in [1.807, 2.05) is 6.92 Å². The fourth-order valence-electron chi connectivity index (χ4n) is 0.996. The number of aliphatic hydroxyl groups excluding tert-OH is 1. The zero-order valence-corrected chi connectivity index (χ0v) is 9.95. The second kappa shape index (κ2) is 6.16. The molecule has 7 nitrogen and oxygen atoms in total. The second-order valence-corrected chi connectivity index (χ2v) is 4.22. The Morgan fingerprint density at radius 1 is 1.53 bits per heavy atom. The third-order valence-electron chi connectivity index (χ3n) is 2.00. The van der Waals surface area contributed by atoms with Gasteiger partial charge in [0.05, 0.1) is 24.3 Å². The van der Waals surface area contributed by atoms with E-state index in [0.29, 0.717) is 6.54 Å². The van der Waals surface area contributed by atoms with Crippen LogP contribution in [0, 0.1) is 6.92 Å². The summed E-state index contributed by atoms with van der Waals surface area (Å²) in [4.78, 5) is 26.5. The number of amides is 2. The van der Waals surface area contributed by atoms with E-state index >= 15 is 0 Å². The number of carboxylic acids is 1. The Morgan fingerprint density at radius 3 is 2.76 bits per heavy atom. The number of nitrogens with one attached hydrogen (secondary N) is 2. The Hall–Kier alpha value is -1.67. The summed E-state index contributed by atoms with van der Waals surface area (Å²) < 4.78 is 0. The van der Waals surface area contributed by atoms with Gasteiger partial charge in [0.2, 0.25) is 0 Å². The summed E-state index contributed by atoms with van der Waals surface area (Å²) >= 11 is 1.42. The molecular weight excluding hydrogens is 246 g/mol. The first kappa shape index (κ1) is 13.4. The smallest absolute Gasteiger partial charge is 0.334 e. The summed E-state index contributed by atoms with van der Waals surface area (Å²) in [6, 6.07) is -0.530. The third-order valence-corrected chi connectivity index (χ3v) is 2.93. The Kier molecular flexibility index (Phi) is 4.85. The number of carbonyl (C=O) groups is 2. The molecule has 1 aromatic rings. The summed E-state index contributed by atoms with van der Waals surface area (Å²) in [6.07, 6.45) is -1.59. The van der Waals surface area contributed by atoms with Gasteiger partial charge in [-0.15, -0.1) is 11.3 Å². The molecule has 0 aliphatic heterocycles. The number of thiazole rings is 1. The van der Waals surface area contributed by atoms with Crippen molar-refractivity contribution in [2.75, 3.05) is 6.54 Å². The van der Waals surface area contributed by atoms with E-state index in [-0.39, 0.29) is 6.54 Å². The van der Waals surface area contributed by atoms with Crippen molar-refractivity contribution in [2.24, 2.45) is 0 Å². The molecule has 0 radical (unpaired) electrons. The van der Waals surface area contributed by atoms with E-state index < -0.39 is 18.1 Å². The Bertz CT molecular complexity index is 407. The lowest BCUT2D eigenvalue weighted by Gasteiger charge is -2.08. The molecular formula is C9H13N3O4S. The summed E-state index contributed by atoms with van der Waals surface area (Å²) in [6.45, 7) is 1.83. The van der Waals surface area contributed by atoms with Gasteiger partial charge < -0.3 is 20.8 Å². The number of hydrogen-bond acceptors (Lipinski definition) is 5. The molecule has 0 aromatic carbocycles. The minimum absolute atomic E-state index is 0.325. The second-order valence-electron chi connectivity index (χ2n) is 3.28. The van der Waals surface area contributed by atoms with Crippen LogP contribution in [-0.4, -0.2) is 39.8 Å². The van der Waals surface area contributed by atoms with Crippen LogP contribution in [0.15, 0.2) is 5.51 Å². The molecule has 0 aliphatic rings. The van der Waals surface area contributed by atoms with Crippen molar-refractivity contribution in [3.8, 4) is 0 Å². The van der Waals surface area contributed by atoms with E-state index in [2.05, 4.69) is 15.6 Å². The normalized spacial score (nSPS) is 11.9. The maximum atomic E-state index is 11.2. The SMILES string of the molecule is Cc1ncsc1CNC(=O)NCC(O)C(=O)O. The maximum Gasteiger partial charge on any atom is 0.334 e. The molecule has 0 spiro atoms. The van der Waals surface area contributed by atoms with Gasteiger partial charge in [-0.25, -0.2) is 14.6 Å². The number of nitrogens with zero attached hydrogens (tertiary/aromatic N) is 1. The highest BCUT2D eigenvalue weighted by atomic mass is 32.1. The van der Waals surface area contributed by atoms with Crippen molar-refractivity contribution in [1.82, 2.24) is 15.6 Å². The number of carbonyl (C=O) groups excluding carboxylic acids is 1. The number of carboxylic acid groups (broad SMARTS) is 1. The van der Waals surface area contributed by atoms with Gasteiger partial charge in [0.1, 0.15) is 0 Å². The molecule has 4 N–H and O–H groups in total. The number of aliphatic carboxylic acids is 1. The molecule has 94 valence electrons. The summed E-state index contributed by atoms with van der Waals surface area (Å²) in [5.74, 6) is -1.37. The van der Waals surface area contributed by atoms with Crippen LogP contribution < -0.4 is 10.6 Å². The van der Waals surface area contributed by atoms with Crippen LogP contribution in [0.4, 0.5) is 4.79 Å². The zero-order valence-electron chi connectivity index (χ0n) is 9.14. The number of aliphatic hydroxyl groups is 1. The summed E-state index contributed by atoms with van der Waals surface area (Å²) in [5.41, 5.74) is 2.53. The average molecular weight is 259 g/mol. The molecule has 2 amide bonds. The van der Waals surface area contributed by atoms with Crippen molar-refractivity contribution >= 4 is 23.3 Å². The number of aromatic nitrogens is 1. The van der Waals surface area contributed by atoms with Gasteiger partial charge in [-0.2, -0.15) is 0 Å². The quantitative estimate of drug-likeness (QED) is 0.580. The van der Waals surface area contributed by atoms with Gasteiger partial charge in [0.25, 0.3) is 0 Å². The fourth-order valence-corrected chi connectivity index (χ4v) is 1.71. The van der Waals surface area contributed by atoms with E-state index in [0.717, 1.165) is 10.6 Å². The Labute approximate surface area is 101 Å². The largest absolute Gasteiger partial charge is 0.479 e. The van der Waals surface area contributed by atoms with E-state index in [1.54, 1.807) is 5.51 Å². The predicted molar refractivity (Wildman–Crippen MR) is 60.7 cm³/mol. The first-order valence-corrected chi connectivity index (χ1v) is 5.70. The van der Waals surface area contributed by atoms with Crippen molar-refractivity contribution in [1.29, 1.82) is 0 Å². The van der Waals surface area contributed by atoms with Crippen LogP contribution >= 0.6 is 11.3 Å². The van der Waals surface area contributed by atoms with Crippen molar-refractivity contribution in [3.05, 3.63) is 16.1 Å². The lowest BCUT2D eigenvalue weighted by molar-refractivity contribution is -0.146. The molecule has 1 atom stereocenters. The van der Waals surface area contributed by atoms with Crippen molar-refractivity contribution in [2.45, 2.75) is 19.6 Å². The van der Waals surface area contributed by atoms with E-state index in [9.17, 15) is 9.59 Å². The molecule has 0 bridgehead atoms. The molecule has 8 heteroatoms. The van der Waals surface area contributed by atoms with Crippen LogP contribution in [0.5, 0.6) is 0 Å². The van der Waals surface area contributed by atoms with Crippen LogP contribution in [0.3, 0.4) is 0 Å². The number of aryl methyl sites for hydroxylation is 1. The molecule has 0 saturated carbocycles. The van der Waals surface area contributed by atoms with Gasteiger partial charge in [-0.1, -0.05) is 0 Å². The van der Waals surface area contributed by atoms with E-state index in [4.69, 9.17) is 10.2 Å². The highest BCUT2D eigenvalue weighted by Crippen LogP contribution is 2.10. The first-order chi connectivity index (χ1) is 8.00. The Balaban J connectivity index is 2.27. The van der Waals surface area contributed by atoms with Gasteiger partial charge in [0.15, 0.2) is 6.10 Å². The van der Waals surface area contributed by atoms with Crippen LogP contribution in [0.2, 0.25) is 0 Å². The van der Waals surface area contributed by atoms with Gasteiger partial charge >= 0.3 is 12.0 Å². The fraction of sp³-hybridized carbons (Fsp3) is 0.444. The van der Waals surface area contributed by atoms with E-state index in [1.165, 1.54) is 11.3 Å². The molecule has 1 unspecified atom stereocenters. The highest BCUT2D eigenvalue weighted by Gasteiger charge is 2.13. The van der Waals surface area contributed by atoms with Crippen LogP contribution in [0.25, 0.3) is 0 Å². The van der Waals surface area contributed by atoms with Crippen LogP contribution in [0.1, 0.15) is 10.6 Å².